The van der Waals surface area contributed by atoms with Gasteiger partial charge in [-0.25, -0.2) is 4.79 Å². The molecule has 0 radical (unpaired) electrons. The molecule has 0 aliphatic carbocycles. The van der Waals surface area contributed by atoms with Crippen molar-refractivity contribution >= 4 is 39.5 Å². The summed E-state index contributed by atoms with van der Waals surface area (Å²) in [5.41, 5.74) is -0.0183. The minimum absolute atomic E-state index is 0.176. The molecule has 7 nitrogen and oxygen atoms in total. The molecule has 1 rings (SSSR count). The Morgan fingerprint density at radius 1 is 1.11 bits per heavy atom. The van der Waals surface area contributed by atoms with Gasteiger partial charge in [-0.2, -0.15) is 0 Å². The summed E-state index contributed by atoms with van der Waals surface area (Å²) >= 11 is 3.33. The van der Waals surface area contributed by atoms with Crippen molar-refractivity contribution in [1.82, 2.24) is 10.6 Å². The number of amides is 3. The predicted molar refractivity (Wildman–Crippen MR) is 108 cm³/mol. The molecule has 1 aromatic rings. The number of anilines is 1. The maximum absolute atomic E-state index is 12.4. The van der Waals surface area contributed by atoms with E-state index in [4.69, 9.17) is 4.74 Å². The van der Waals surface area contributed by atoms with Crippen molar-refractivity contribution in [2.75, 3.05) is 11.9 Å². The van der Waals surface area contributed by atoms with Crippen LogP contribution < -0.4 is 16.0 Å². The number of nitrogens with one attached hydrogen (secondary N) is 3. The molecule has 3 amide bonds. The van der Waals surface area contributed by atoms with Crippen LogP contribution in [0, 0.1) is 5.92 Å². The quantitative estimate of drug-likeness (QED) is 0.564. The average molecular weight is 442 g/mol. The highest BCUT2D eigenvalue weighted by Crippen LogP contribution is 2.14. The summed E-state index contributed by atoms with van der Waals surface area (Å²) in [6.45, 7) is 8.90. The Bertz CT molecular complexity index is 654. The van der Waals surface area contributed by atoms with Crippen molar-refractivity contribution in [2.24, 2.45) is 5.92 Å². The van der Waals surface area contributed by atoms with Gasteiger partial charge in [0.05, 0.1) is 0 Å². The highest BCUT2D eigenvalue weighted by atomic mass is 79.9. The fraction of sp³-hybridized carbons (Fsp3) is 0.526. The molecule has 0 aromatic heterocycles. The highest BCUT2D eigenvalue weighted by molar-refractivity contribution is 9.10. The van der Waals surface area contributed by atoms with E-state index in [1.165, 1.54) is 0 Å². The highest BCUT2D eigenvalue weighted by Gasteiger charge is 2.23. The van der Waals surface area contributed by atoms with E-state index < -0.39 is 29.6 Å². The third-order valence-electron chi connectivity index (χ3n) is 3.26. The Balaban J connectivity index is 2.62. The molecule has 0 spiro atoms. The Kier molecular flexibility index (Phi) is 8.75. The van der Waals surface area contributed by atoms with E-state index in [2.05, 4.69) is 31.9 Å². The van der Waals surface area contributed by atoms with Gasteiger partial charge in [-0.3, -0.25) is 9.59 Å². The van der Waals surface area contributed by atoms with Gasteiger partial charge in [-0.15, -0.1) is 0 Å². The summed E-state index contributed by atoms with van der Waals surface area (Å²) in [4.78, 5) is 36.4. The number of carbonyl (C=O) groups excluding carboxylic acids is 3. The largest absolute Gasteiger partial charge is 0.459 e. The third kappa shape index (κ3) is 9.98. The lowest BCUT2D eigenvalue weighted by Crippen LogP contribution is -2.50. The van der Waals surface area contributed by atoms with Gasteiger partial charge < -0.3 is 20.7 Å². The summed E-state index contributed by atoms with van der Waals surface area (Å²) in [7, 11) is 0. The van der Waals surface area contributed by atoms with Gasteiger partial charge in [0, 0.05) is 10.2 Å². The van der Waals surface area contributed by atoms with Crippen LogP contribution in [0.3, 0.4) is 0 Å². The molecule has 1 atom stereocenters. The van der Waals surface area contributed by atoms with Crippen LogP contribution in [0.1, 0.15) is 41.0 Å². The minimum Gasteiger partial charge on any atom is -0.459 e. The van der Waals surface area contributed by atoms with E-state index in [1.807, 2.05) is 13.8 Å². The number of halogens is 1. The van der Waals surface area contributed by atoms with Crippen molar-refractivity contribution in [3.05, 3.63) is 28.7 Å². The zero-order valence-electron chi connectivity index (χ0n) is 16.4. The zero-order valence-corrected chi connectivity index (χ0v) is 18.0. The first-order chi connectivity index (χ1) is 12.5. The van der Waals surface area contributed by atoms with Gasteiger partial charge in [0.2, 0.25) is 5.91 Å². The van der Waals surface area contributed by atoms with Gasteiger partial charge in [0.15, 0.2) is 0 Å². The van der Waals surface area contributed by atoms with Gasteiger partial charge in [-0.1, -0.05) is 29.8 Å². The molecule has 150 valence electrons. The Morgan fingerprint density at radius 2 is 1.70 bits per heavy atom. The standard InChI is InChI=1S/C19H28BrN3O4/c1-12(2)10-15(17(25)21-11-16(24)27-19(3,4)5)23-18(26)22-14-8-6-13(20)7-9-14/h6-9,12,15H,10-11H2,1-5H3,(H,21,25)(H2,22,23,26). The topological polar surface area (TPSA) is 96.5 Å². The SMILES string of the molecule is CC(C)CC(NC(=O)Nc1ccc(Br)cc1)C(=O)NCC(=O)OC(C)(C)C. The Morgan fingerprint density at radius 3 is 2.22 bits per heavy atom. The molecule has 0 saturated heterocycles. The first-order valence-electron chi connectivity index (χ1n) is 8.79. The molecule has 0 bridgehead atoms. The van der Waals surface area contributed by atoms with Crippen LogP contribution in [0.5, 0.6) is 0 Å². The van der Waals surface area contributed by atoms with Crippen LogP contribution in [0.15, 0.2) is 28.7 Å². The summed E-state index contributed by atoms with van der Waals surface area (Å²) in [5, 5.41) is 7.86. The molecule has 1 unspecified atom stereocenters. The lowest BCUT2D eigenvalue weighted by Gasteiger charge is -2.22. The van der Waals surface area contributed by atoms with Crippen molar-refractivity contribution in [1.29, 1.82) is 0 Å². The maximum atomic E-state index is 12.4. The molecule has 3 N–H and O–H groups in total. The van der Waals surface area contributed by atoms with Crippen LogP contribution in [0.2, 0.25) is 0 Å². The Labute approximate surface area is 168 Å². The molecule has 27 heavy (non-hydrogen) atoms. The van der Waals surface area contributed by atoms with Crippen LogP contribution in [-0.2, 0) is 14.3 Å². The number of esters is 1. The number of urea groups is 1. The molecule has 0 aliphatic rings. The first-order valence-corrected chi connectivity index (χ1v) is 9.58. The van der Waals surface area contributed by atoms with Crippen LogP contribution in [-0.4, -0.2) is 36.1 Å². The molecule has 0 fully saturated rings. The summed E-state index contributed by atoms with van der Waals surface area (Å²) in [6, 6.07) is 5.83. The number of ether oxygens (including phenoxy) is 1. The van der Waals surface area contributed by atoms with Gasteiger partial charge in [-0.05, 0) is 57.4 Å². The molecule has 8 heteroatoms. The van der Waals surface area contributed by atoms with Gasteiger partial charge in [0.1, 0.15) is 18.2 Å². The summed E-state index contributed by atoms with van der Waals surface area (Å²) in [6.07, 6.45) is 0.438. The molecule has 0 heterocycles. The number of hydrogen-bond donors (Lipinski definition) is 3. The Hall–Kier alpha value is -2.09. The van der Waals surface area contributed by atoms with E-state index >= 15 is 0 Å². The van der Waals surface area contributed by atoms with Crippen LogP contribution in [0.25, 0.3) is 0 Å². The first kappa shape index (κ1) is 23.0. The predicted octanol–water partition coefficient (Wildman–Crippen LogP) is 3.44. The van der Waals surface area contributed by atoms with Crippen LogP contribution >= 0.6 is 15.9 Å². The van der Waals surface area contributed by atoms with E-state index in [1.54, 1.807) is 45.0 Å². The average Bonchev–Trinajstić information content (AvgIpc) is 2.52. The van der Waals surface area contributed by atoms with E-state index in [0.29, 0.717) is 12.1 Å². The van der Waals surface area contributed by atoms with E-state index in [9.17, 15) is 14.4 Å². The maximum Gasteiger partial charge on any atom is 0.325 e. The smallest absolute Gasteiger partial charge is 0.325 e. The lowest BCUT2D eigenvalue weighted by atomic mass is 10.0. The van der Waals surface area contributed by atoms with Crippen LogP contribution in [0.4, 0.5) is 10.5 Å². The summed E-state index contributed by atoms with van der Waals surface area (Å²) < 4.78 is 6.06. The molecule has 0 saturated carbocycles. The van der Waals surface area contributed by atoms with Gasteiger partial charge in [0.25, 0.3) is 0 Å². The monoisotopic (exact) mass is 441 g/mol. The molecule has 0 aliphatic heterocycles. The summed E-state index contributed by atoms with van der Waals surface area (Å²) in [5.74, 6) is -0.783. The second kappa shape index (κ2) is 10.3. The number of rotatable bonds is 7. The van der Waals surface area contributed by atoms with E-state index in [0.717, 1.165) is 4.47 Å². The van der Waals surface area contributed by atoms with E-state index in [-0.39, 0.29) is 12.5 Å². The zero-order chi connectivity index (χ0) is 20.6. The second-order valence-electron chi connectivity index (χ2n) is 7.59. The minimum atomic E-state index is -0.761. The number of benzene rings is 1. The third-order valence-corrected chi connectivity index (χ3v) is 3.79. The van der Waals surface area contributed by atoms with Crippen molar-refractivity contribution in [3.63, 3.8) is 0 Å². The molecule has 1 aromatic carbocycles. The lowest BCUT2D eigenvalue weighted by molar-refractivity contribution is -0.154. The number of hydrogen-bond acceptors (Lipinski definition) is 4. The fourth-order valence-electron chi connectivity index (χ4n) is 2.22. The fourth-order valence-corrected chi connectivity index (χ4v) is 2.49. The van der Waals surface area contributed by atoms with Crippen molar-refractivity contribution in [2.45, 2.75) is 52.7 Å². The van der Waals surface area contributed by atoms with Crippen molar-refractivity contribution in [3.8, 4) is 0 Å². The molecular formula is C19H28BrN3O4. The normalized spacial score (nSPS) is 12.3. The molecular weight excluding hydrogens is 414 g/mol. The number of carbonyl (C=O) groups is 3. The second-order valence-corrected chi connectivity index (χ2v) is 8.51. The van der Waals surface area contributed by atoms with Gasteiger partial charge >= 0.3 is 12.0 Å². The van der Waals surface area contributed by atoms with Crippen molar-refractivity contribution < 1.29 is 19.1 Å².